The van der Waals surface area contributed by atoms with Gasteiger partial charge in [-0.2, -0.15) is 17.2 Å². The zero-order valence-corrected chi connectivity index (χ0v) is 12.7. The first-order chi connectivity index (χ1) is 9.33. The van der Waals surface area contributed by atoms with Gasteiger partial charge in [-0.05, 0) is 45.4 Å². The first-order valence-corrected chi connectivity index (χ1v) is 8.05. The lowest BCUT2D eigenvalue weighted by Gasteiger charge is -2.32. The summed E-state index contributed by atoms with van der Waals surface area (Å²) < 4.78 is 60.0. The number of hydrogen-bond acceptors (Lipinski definition) is 5. The minimum atomic E-state index is -5.84. The second kappa shape index (κ2) is 6.13. The van der Waals surface area contributed by atoms with E-state index in [9.17, 15) is 27.1 Å². The molecule has 1 saturated carbocycles. The van der Waals surface area contributed by atoms with Crippen LogP contribution in [-0.2, 0) is 19.6 Å². The summed E-state index contributed by atoms with van der Waals surface area (Å²) in [6.45, 7) is 3.24. The van der Waals surface area contributed by atoms with Crippen LogP contribution in [0.25, 0.3) is 0 Å². The molecule has 0 bridgehead atoms. The molecule has 2 N–H and O–H groups in total. The quantitative estimate of drug-likeness (QED) is 0.588. The molecule has 124 valence electrons. The van der Waals surface area contributed by atoms with Gasteiger partial charge in [0, 0.05) is 0 Å². The van der Waals surface area contributed by atoms with Crippen molar-refractivity contribution in [2.24, 2.45) is 5.92 Å². The van der Waals surface area contributed by atoms with E-state index in [0.29, 0.717) is 19.3 Å². The van der Waals surface area contributed by atoms with Crippen molar-refractivity contribution in [1.82, 2.24) is 0 Å². The van der Waals surface area contributed by atoms with Crippen molar-refractivity contribution in [3.63, 3.8) is 0 Å². The number of hydrogen-bond donors (Lipinski definition) is 2. The van der Waals surface area contributed by atoms with Crippen molar-refractivity contribution in [3.05, 3.63) is 0 Å². The van der Waals surface area contributed by atoms with Crippen LogP contribution in [0, 0.1) is 5.92 Å². The Balaban J connectivity index is 2.65. The molecule has 0 spiro atoms. The lowest BCUT2D eigenvalue weighted by Crippen LogP contribution is -2.41. The molecular formula is C12H20F2O6S. The third kappa shape index (κ3) is 5.15. The van der Waals surface area contributed by atoms with E-state index in [4.69, 9.17) is 4.55 Å². The second-order valence-electron chi connectivity index (χ2n) is 6.07. The minimum Gasteiger partial charge on any atom is -0.457 e. The summed E-state index contributed by atoms with van der Waals surface area (Å²) in [6.07, 6.45) is 1.59. The molecule has 1 fully saturated rings. The van der Waals surface area contributed by atoms with Crippen molar-refractivity contribution < 1.29 is 36.4 Å². The van der Waals surface area contributed by atoms with Crippen molar-refractivity contribution in [3.8, 4) is 0 Å². The van der Waals surface area contributed by atoms with Gasteiger partial charge in [-0.15, -0.1) is 0 Å². The Hall–Kier alpha value is -0.800. The molecule has 1 aliphatic carbocycles. The minimum absolute atomic E-state index is 0.00379. The number of esters is 1. The Bertz CT molecular complexity index is 482. The maximum Gasteiger partial charge on any atom is 0.465 e. The Morgan fingerprint density at radius 2 is 1.90 bits per heavy atom. The van der Waals surface area contributed by atoms with Crippen molar-refractivity contribution >= 4 is 16.1 Å². The van der Waals surface area contributed by atoms with Gasteiger partial charge in [-0.1, -0.05) is 6.42 Å². The van der Waals surface area contributed by atoms with Gasteiger partial charge in [0.15, 0.2) is 0 Å². The van der Waals surface area contributed by atoms with Gasteiger partial charge in [0.25, 0.3) is 0 Å². The predicted molar refractivity (Wildman–Crippen MR) is 69.2 cm³/mol. The highest BCUT2D eigenvalue weighted by Gasteiger charge is 2.54. The van der Waals surface area contributed by atoms with Crippen LogP contribution < -0.4 is 0 Å². The maximum atomic E-state index is 13.1. The number of alkyl halides is 2. The molecule has 0 aromatic rings. The molecule has 2 unspecified atom stereocenters. The van der Waals surface area contributed by atoms with Crippen molar-refractivity contribution in [2.75, 3.05) is 0 Å². The van der Waals surface area contributed by atoms with Crippen LogP contribution in [0.1, 0.15) is 46.0 Å². The molecule has 2 atom stereocenters. The average Bonchev–Trinajstić information content (AvgIpc) is 2.25. The highest BCUT2D eigenvalue weighted by atomic mass is 32.2. The van der Waals surface area contributed by atoms with Gasteiger partial charge < -0.3 is 9.84 Å². The summed E-state index contributed by atoms with van der Waals surface area (Å²) in [7, 11) is -5.84. The largest absolute Gasteiger partial charge is 0.465 e. The number of rotatable bonds is 5. The normalized spacial score (nSPS) is 24.7. The Labute approximate surface area is 122 Å². The smallest absolute Gasteiger partial charge is 0.457 e. The molecular weight excluding hydrogens is 310 g/mol. The summed E-state index contributed by atoms with van der Waals surface area (Å²) in [5.74, 6) is -2.27. The Morgan fingerprint density at radius 3 is 2.38 bits per heavy atom. The van der Waals surface area contributed by atoms with Crippen LogP contribution >= 0.6 is 0 Å². The first kappa shape index (κ1) is 18.2. The van der Waals surface area contributed by atoms with Crippen LogP contribution in [0.3, 0.4) is 0 Å². The van der Waals surface area contributed by atoms with Crippen LogP contribution in [0.15, 0.2) is 0 Å². The lowest BCUT2D eigenvalue weighted by atomic mass is 9.81. The number of ether oxygens (including phenoxy) is 1. The molecule has 1 rings (SSSR count). The second-order valence-corrected chi connectivity index (χ2v) is 7.53. The van der Waals surface area contributed by atoms with Crippen molar-refractivity contribution in [2.45, 2.75) is 62.9 Å². The lowest BCUT2D eigenvalue weighted by molar-refractivity contribution is -0.169. The average molecular weight is 330 g/mol. The first-order valence-electron chi connectivity index (χ1n) is 6.61. The monoisotopic (exact) mass is 330 g/mol. The predicted octanol–water partition coefficient (Wildman–Crippen LogP) is 1.73. The summed E-state index contributed by atoms with van der Waals surface area (Å²) in [5.41, 5.74) is -0.922. The van der Waals surface area contributed by atoms with E-state index in [1.165, 1.54) is 0 Å². The highest BCUT2D eigenvalue weighted by molar-refractivity contribution is 7.87. The third-order valence-corrected chi connectivity index (χ3v) is 4.17. The highest BCUT2D eigenvalue weighted by Crippen LogP contribution is 2.33. The molecule has 6 nitrogen and oxygen atoms in total. The zero-order chi connectivity index (χ0) is 16.5. The summed E-state index contributed by atoms with van der Waals surface area (Å²) in [6, 6.07) is 0. The maximum absolute atomic E-state index is 13.1. The summed E-state index contributed by atoms with van der Waals surface area (Å²) in [5, 5.41) is 4.77. The molecule has 0 aliphatic heterocycles. The van der Waals surface area contributed by atoms with E-state index in [1.807, 2.05) is 0 Å². The number of carbonyl (C=O) groups excluding carboxylic acids is 1. The fourth-order valence-electron chi connectivity index (χ4n) is 2.57. The zero-order valence-electron chi connectivity index (χ0n) is 11.9. The van der Waals surface area contributed by atoms with E-state index in [-0.39, 0.29) is 12.3 Å². The molecule has 0 heterocycles. The molecule has 21 heavy (non-hydrogen) atoms. The van der Waals surface area contributed by atoms with Crippen molar-refractivity contribution in [1.29, 1.82) is 0 Å². The van der Waals surface area contributed by atoms with E-state index in [0.717, 1.165) is 6.42 Å². The fraction of sp³-hybridized carbons (Fsp3) is 0.917. The van der Waals surface area contributed by atoms with Gasteiger partial charge in [0.2, 0.25) is 0 Å². The topological polar surface area (TPSA) is 101 Å². The van der Waals surface area contributed by atoms with Gasteiger partial charge in [0.1, 0.15) is 6.10 Å². The number of carbonyl (C=O) groups is 1. The summed E-state index contributed by atoms with van der Waals surface area (Å²) in [4.78, 5) is 11.2. The van der Waals surface area contributed by atoms with Crippen LogP contribution in [-0.4, -0.2) is 41.0 Å². The van der Waals surface area contributed by atoms with Gasteiger partial charge in [0.05, 0.1) is 5.60 Å². The molecule has 9 heteroatoms. The van der Waals surface area contributed by atoms with E-state index in [2.05, 4.69) is 4.74 Å². The number of halogens is 2. The SMILES string of the molecule is CC(C)(O)CC1CCCC(OC(=O)C(F)(F)S(=O)(=O)O)C1. The van der Waals surface area contributed by atoms with E-state index >= 15 is 0 Å². The Morgan fingerprint density at radius 1 is 1.33 bits per heavy atom. The van der Waals surface area contributed by atoms with Gasteiger partial charge >= 0.3 is 21.3 Å². The van der Waals surface area contributed by atoms with E-state index in [1.54, 1.807) is 13.8 Å². The van der Waals surface area contributed by atoms with Gasteiger partial charge in [-0.3, -0.25) is 4.55 Å². The standard InChI is InChI=1S/C12H20F2O6S/c1-11(2,16)7-8-4-3-5-9(6-8)20-10(15)12(13,14)21(17,18)19/h8-9,16H,3-7H2,1-2H3,(H,17,18,19). The molecule has 0 radical (unpaired) electrons. The fourth-order valence-corrected chi connectivity index (χ4v) is 2.82. The molecule has 0 amide bonds. The molecule has 0 aromatic carbocycles. The molecule has 0 aromatic heterocycles. The molecule has 0 saturated heterocycles. The van der Waals surface area contributed by atoms with Gasteiger partial charge in [-0.25, -0.2) is 4.79 Å². The Kier molecular flexibility index (Phi) is 5.33. The summed E-state index contributed by atoms with van der Waals surface area (Å²) >= 11 is 0. The molecule has 1 aliphatic rings. The van der Waals surface area contributed by atoms with Crippen LogP contribution in [0.5, 0.6) is 0 Å². The third-order valence-electron chi connectivity index (χ3n) is 3.36. The van der Waals surface area contributed by atoms with E-state index < -0.39 is 33.0 Å². The van der Waals surface area contributed by atoms with Crippen LogP contribution in [0.4, 0.5) is 8.78 Å². The van der Waals surface area contributed by atoms with Crippen LogP contribution in [0.2, 0.25) is 0 Å². The number of aliphatic hydroxyl groups is 1.